The van der Waals surface area contributed by atoms with Gasteiger partial charge < -0.3 is 14.6 Å². The van der Waals surface area contributed by atoms with Crippen molar-refractivity contribution in [2.45, 2.75) is 12.5 Å². The van der Waals surface area contributed by atoms with E-state index in [1.807, 2.05) is 0 Å². The van der Waals surface area contributed by atoms with Gasteiger partial charge in [-0.3, -0.25) is 0 Å². The van der Waals surface area contributed by atoms with Gasteiger partial charge >= 0.3 is 5.97 Å². The van der Waals surface area contributed by atoms with Gasteiger partial charge in [0, 0.05) is 6.42 Å². The molecule has 4 nitrogen and oxygen atoms in total. The first-order valence-corrected chi connectivity index (χ1v) is 3.62. The zero-order chi connectivity index (χ0) is 9.14. The Labute approximate surface area is 73.4 Å². The number of carboxylic acid groups (broad SMARTS) is 1. The molecule has 1 heterocycles. The van der Waals surface area contributed by atoms with E-state index in [0.29, 0.717) is 5.76 Å². The van der Waals surface area contributed by atoms with Crippen molar-refractivity contribution < 1.29 is 19.4 Å². The van der Waals surface area contributed by atoms with Crippen LogP contribution < -0.4 is 0 Å². The van der Waals surface area contributed by atoms with Crippen LogP contribution in [0.25, 0.3) is 0 Å². The van der Waals surface area contributed by atoms with E-state index >= 15 is 0 Å². The maximum absolute atomic E-state index is 10.2. The quantitative estimate of drug-likeness (QED) is 0.744. The smallest absolute Gasteiger partial charge is 0.332 e. The van der Waals surface area contributed by atoms with Crippen molar-refractivity contribution in [1.82, 2.24) is 0 Å². The molecule has 2 N–H and O–H groups in total. The third-order valence-corrected chi connectivity index (χ3v) is 1.51. The Hall–Kier alpha value is -1.00. The minimum atomic E-state index is -1.44. The first kappa shape index (κ1) is 9.09. The highest BCUT2D eigenvalue weighted by molar-refractivity contribution is 6.28. The summed E-state index contributed by atoms with van der Waals surface area (Å²) in [6.07, 6.45) is -1.51. The Morgan fingerprint density at radius 3 is 2.75 bits per heavy atom. The molecule has 0 bridgehead atoms. The molecule has 0 spiro atoms. The monoisotopic (exact) mass is 190 g/mol. The summed E-state index contributed by atoms with van der Waals surface area (Å²) >= 11 is 5.43. The molecule has 0 radical (unpaired) electrons. The fraction of sp³-hybridized carbons (Fsp3) is 0.286. The summed E-state index contributed by atoms with van der Waals surface area (Å²) in [5, 5.41) is 17.4. The summed E-state index contributed by atoms with van der Waals surface area (Å²) in [6, 6.07) is 3.01. The van der Waals surface area contributed by atoms with Crippen molar-refractivity contribution >= 4 is 17.6 Å². The number of halogens is 1. The van der Waals surface area contributed by atoms with E-state index < -0.39 is 12.1 Å². The van der Waals surface area contributed by atoms with Gasteiger partial charge in [-0.05, 0) is 23.7 Å². The lowest BCUT2D eigenvalue weighted by molar-refractivity contribution is -0.146. The molecular formula is C7H7ClO4. The fourth-order valence-corrected chi connectivity index (χ4v) is 0.901. The lowest BCUT2D eigenvalue weighted by Gasteiger charge is -2.00. The number of carboxylic acids is 1. The van der Waals surface area contributed by atoms with Crippen LogP contribution >= 0.6 is 11.6 Å². The average molecular weight is 191 g/mol. The van der Waals surface area contributed by atoms with Crippen molar-refractivity contribution in [3.8, 4) is 0 Å². The molecule has 0 aromatic carbocycles. The SMILES string of the molecule is O=C(O)C(O)Cc1ccc(Cl)o1. The van der Waals surface area contributed by atoms with Crippen molar-refractivity contribution in [3.63, 3.8) is 0 Å². The zero-order valence-electron chi connectivity index (χ0n) is 6.03. The van der Waals surface area contributed by atoms with Gasteiger partial charge in [-0.1, -0.05) is 0 Å². The molecule has 0 aliphatic rings. The summed E-state index contributed by atoms with van der Waals surface area (Å²) in [6.45, 7) is 0. The topological polar surface area (TPSA) is 70.7 Å². The van der Waals surface area contributed by atoms with E-state index in [9.17, 15) is 4.79 Å². The number of rotatable bonds is 3. The molecule has 1 aromatic heterocycles. The Kier molecular flexibility index (Phi) is 2.73. The van der Waals surface area contributed by atoms with Gasteiger partial charge in [-0.15, -0.1) is 0 Å². The van der Waals surface area contributed by atoms with Crippen molar-refractivity contribution in [1.29, 1.82) is 0 Å². The van der Waals surface area contributed by atoms with Gasteiger partial charge in [-0.2, -0.15) is 0 Å². The van der Waals surface area contributed by atoms with Crippen LogP contribution in [0.4, 0.5) is 0 Å². The van der Waals surface area contributed by atoms with Crippen LogP contribution in [0.3, 0.4) is 0 Å². The molecule has 12 heavy (non-hydrogen) atoms. The third kappa shape index (κ3) is 2.25. The number of hydrogen-bond acceptors (Lipinski definition) is 3. The highest BCUT2D eigenvalue weighted by Crippen LogP contribution is 2.14. The second kappa shape index (κ2) is 3.60. The van der Waals surface area contributed by atoms with Crippen molar-refractivity contribution in [2.75, 3.05) is 0 Å². The molecule has 1 aromatic rings. The molecular weight excluding hydrogens is 184 g/mol. The Morgan fingerprint density at radius 1 is 1.67 bits per heavy atom. The lowest BCUT2D eigenvalue weighted by atomic mass is 10.2. The Morgan fingerprint density at radius 2 is 2.33 bits per heavy atom. The number of hydrogen-bond donors (Lipinski definition) is 2. The van der Waals surface area contributed by atoms with Crippen molar-refractivity contribution in [2.24, 2.45) is 0 Å². The number of aliphatic carboxylic acids is 1. The average Bonchev–Trinajstić information content (AvgIpc) is 2.35. The van der Waals surface area contributed by atoms with E-state index in [1.54, 1.807) is 0 Å². The zero-order valence-corrected chi connectivity index (χ0v) is 6.78. The molecule has 1 unspecified atom stereocenters. The van der Waals surface area contributed by atoms with Crippen LogP contribution in [0, 0.1) is 0 Å². The predicted molar refractivity (Wildman–Crippen MR) is 41.1 cm³/mol. The van der Waals surface area contributed by atoms with Gasteiger partial charge in [0.2, 0.25) is 0 Å². The lowest BCUT2D eigenvalue weighted by Crippen LogP contribution is -2.21. The molecule has 0 aliphatic carbocycles. The molecule has 0 saturated carbocycles. The van der Waals surface area contributed by atoms with E-state index in [2.05, 4.69) is 0 Å². The summed E-state index contributed by atoms with van der Waals surface area (Å²) < 4.78 is 4.85. The first-order chi connectivity index (χ1) is 5.59. The van der Waals surface area contributed by atoms with E-state index in [-0.39, 0.29) is 11.6 Å². The molecule has 0 saturated heterocycles. The second-order valence-corrected chi connectivity index (χ2v) is 2.64. The maximum atomic E-state index is 10.2. The standard InChI is InChI=1S/C7H7ClO4/c8-6-2-1-4(12-6)3-5(9)7(10)11/h1-2,5,9H,3H2,(H,10,11). The highest BCUT2D eigenvalue weighted by atomic mass is 35.5. The van der Waals surface area contributed by atoms with Gasteiger partial charge in [0.05, 0.1) is 0 Å². The summed E-state index contributed by atoms with van der Waals surface area (Å²) in [4.78, 5) is 10.2. The number of aliphatic hydroxyl groups is 1. The van der Waals surface area contributed by atoms with E-state index in [0.717, 1.165) is 0 Å². The molecule has 0 amide bonds. The predicted octanol–water partition coefficient (Wildman–Crippen LogP) is 0.921. The van der Waals surface area contributed by atoms with Crippen molar-refractivity contribution in [3.05, 3.63) is 23.1 Å². The second-order valence-electron chi connectivity index (χ2n) is 2.26. The Balaban J connectivity index is 2.58. The normalized spacial score (nSPS) is 12.8. The van der Waals surface area contributed by atoms with Crippen LogP contribution in [-0.4, -0.2) is 22.3 Å². The minimum absolute atomic E-state index is 0.0674. The summed E-state index contributed by atoms with van der Waals surface area (Å²) in [7, 11) is 0. The highest BCUT2D eigenvalue weighted by Gasteiger charge is 2.15. The van der Waals surface area contributed by atoms with Crippen LogP contribution in [0.1, 0.15) is 5.76 Å². The maximum Gasteiger partial charge on any atom is 0.332 e. The third-order valence-electron chi connectivity index (χ3n) is 1.31. The molecule has 5 heteroatoms. The molecule has 66 valence electrons. The molecule has 1 rings (SSSR count). The van der Waals surface area contributed by atoms with Crippen LogP contribution in [0.15, 0.2) is 16.5 Å². The summed E-state index contributed by atoms with van der Waals surface area (Å²) in [5.41, 5.74) is 0. The van der Waals surface area contributed by atoms with E-state index in [1.165, 1.54) is 12.1 Å². The number of aliphatic hydroxyl groups excluding tert-OH is 1. The first-order valence-electron chi connectivity index (χ1n) is 3.24. The van der Waals surface area contributed by atoms with Gasteiger partial charge in [-0.25, -0.2) is 4.79 Å². The molecule has 1 atom stereocenters. The Bertz CT molecular complexity index is 281. The summed E-state index contributed by atoms with van der Waals surface area (Å²) in [5.74, 6) is -0.919. The van der Waals surface area contributed by atoms with E-state index in [4.69, 9.17) is 26.2 Å². The fourth-order valence-electron chi connectivity index (χ4n) is 0.739. The van der Waals surface area contributed by atoms with Gasteiger partial charge in [0.25, 0.3) is 0 Å². The van der Waals surface area contributed by atoms with Gasteiger partial charge in [0.1, 0.15) is 5.76 Å². The minimum Gasteiger partial charge on any atom is -0.479 e. The number of carbonyl (C=O) groups is 1. The van der Waals surface area contributed by atoms with Crippen LogP contribution in [0.2, 0.25) is 5.22 Å². The van der Waals surface area contributed by atoms with Gasteiger partial charge in [0.15, 0.2) is 11.3 Å². The largest absolute Gasteiger partial charge is 0.479 e. The molecule has 0 fully saturated rings. The van der Waals surface area contributed by atoms with Crippen LogP contribution in [0.5, 0.6) is 0 Å². The molecule has 0 aliphatic heterocycles. The van der Waals surface area contributed by atoms with Crippen LogP contribution in [-0.2, 0) is 11.2 Å². The number of furan rings is 1.